The number of fused-ring (bicyclic) bond motifs is 1. The van der Waals surface area contributed by atoms with Crippen LogP contribution in [0.1, 0.15) is 20.3 Å². The molecule has 4 nitrogen and oxygen atoms in total. The van der Waals surface area contributed by atoms with E-state index in [0.29, 0.717) is 23.4 Å². The highest BCUT2D eigenvalue weighted by molar-refractivity contribution is 5.72. The average molecular weight is 212 g/mol. The van der Waals surface area contributed by atoms with Crippen LogP contribution in [0.2, 0.25) is 0 Å². The van der Waals surface area contributed by atoms with E-state index >= 15 is 0 Å². The number of nitrogens with two attached hydrogens (primary N) is 2. The molecule has 0 fully saturated rings. The summed E-state index contributed by atoms with van der Waals surface area (Å²) in [7, 11) is 0. The lowest BCUT2D eigenvalue weighted by atomic mass is 9.83. The van der Waals surface area contributed by atoms with Gasteiger partial charge in [-0.1, -0.05) is 0 Å². The van der Waals surface area contributed by atoms with Crippen molar-refractivity contribution in [2.45, 2.75) is 20.3 Å². The minimum Gasteiger partial charge on any atom is -0.401 e. The Morgan fingerprint density at radius 1 is 1.31 bits per heavy atom. The van der Waals surface area contributed by atoms with Crippen LogP contribution < -0.4 is 11.5 Å². The van der Waals surface area contributed by atoms with Gasteiger partial charge in [0, 0.05) is 23.3 Å². The van der Waals surface area contributed by atoms with Crippen LogP contribution in [-0.4, -0.2) is 0 Å². The molecule has 0 amide bonds. The van der Waals surface area contributed by atoms with Gasteiger partial charge in [0.25, 0.3) is 0 Å². The quantitative estimate of drug-likeness (QED) is 0.630. The lowest BCUT2D eigenvalue weighted by molar-refractivity contribution is 0.555. The van der Waals surface area contributed by atoms with Crippen molar-refractivity contribution in [1.29, 1.82) is 10.5 Å². The Hall–Kier alpha value is -2.20. The summed E-state index contributed by atoms with van der Waals surface area (Å²) in [4.78, 5) is 0. The molecule has 0 bridgehead atoms. The zero-order valence-corrected chi connectivity index (χ0v) is 9.26. The second kappa shape index (κ2) is 2.90. The van der Waals surface area contributed by atoms with E-state index in [9.17, 15) is 5.26 Å². The third-order valence-electron chi connectivity index (χ3n) is 3.31. The van der Waals surface area contributed by atoms with Gasteiger partial charge in [0.05, 0.1) is 22.8 Å². The third kappa shape index (κ3) is 0.963. The molecule has 0 heterocycles. The highest BCUT2D eigenvalue weighted by Gasteiger charge is 2.45. The number of allylic oxidation sites excluding steroid dienone is 5. The molecule has 4 N–H and O–H groups in total. The molecule has 0 radical (unpaired) electrons. The van der Waals surface area contributed by atoms with Crippen LogP contribution in [0, 0.1) is 28.1 Å². The average Bonchev–Trinajstić information content (AvgIpc) is 2.65. The molecular formula is C12H12N4. The maximum Gasteiger partial charge on any atom is 0.102 e. The molecule has 2 aliphatic rings. The van der Waals surface area contributed by atoms with E-state index in [1.807, 2.05) is 13.8 Å². The molecule has 0 spiro atoms. The number of hydrogen-bond donors (Lipinski definition) is 2. The molecule has 80 valence electrons. The van der Waals surface area contributed by atoms with E-state index in [2.05, 4.69) is 12.1 Å². The van der Waals surface area contributed by atoms with Gasteiger partial charge in [-0.3, -0.25) is 0 Å². The largest absolute Gasteiger partial charge is 0.401 e. The van der Waals surface area contributed by atoms with Crippen molar-refractivity contribution in [3.05, 3.63) is 33.7 Å². The lowest BCUT2D eigenvalue weighted by Crippen LogP contribution is -2.17. The fraction of sp³-hybridized carbons (Fsp3) is 0.333. The molecule has 1 unspecified atom stereocenters. The van der Waals surface area contributed by atoms with Crippen LogP contribution in [0.25, 0.3) is 0 Å². The predicted molar refractivity (Wildman–Crippen MR) is 59.1 cm³/mol. The normalized spacial score (nSPS) is 28.2. The van der Waals surface area contributed by atoms with E-state index < -0.39 is 5.41 Å². The maximum atomic E-state index is 9.23. The molecule has 16 heavy (non-hydrogen) atoms. The van der Waals surface area contributed by atoms with Crippen LogP contribution >= 0.6 is 0 Å². The summed E-state index contributed by atoms with van der Waals surface area (Å²) in [6, 6.07) is 4.31. The predicted octanol–water partition coefficient (Wildman–Crippen LogP) is 1.20. The highest BCUT2D eigenvalue weighted by Crippen LogP contribution is 2.52. The lowest BCUT2D eigenvalue weighted by Gasteiger charge is -2.17. The van der Waals surface area contributed by atoms with Gasteiger partial charge < -0.3 is 11.5 Å². The molecule has 4 heteroatoms. The second-order valence-electron chi connectivity index (χ2n) is 4.42. The summed E-state index contributed by atoms with van der Waals surface area (Å²) >= 11 is 0. The van der Waals surface area contributed by atoms with Crippen molar-refractivity contribution in [3.63, 3.8) is 0 Å². The first-order chi connectivity index (χ1) is 7.46. The van der Waals surface area contributed by atoms with E-state index in [-0.39, 0.29) is 0 Å². The second-order valence-corrected chi connectivity index (χ2v) is 4.42. The van der Waals surface area contributed by atoms with Gasteiger partial charge >= 0.3 is 0 Å². The minimum atomic E-state index is -0.691. The van der Waals surface area contributed by atoms with Gasteiger partial charge in [-0.25, -0.2) is 0 Å². The molecular weight excluding hydrogens is 200 g/mol. The monoisotopic (exact) mass is 212 g/mol. The van der Waals surface area contributed by atoms with E-state index in [1.54, 1.807) is 0 Å². The molecule has 1 atom stereocenters. The van der Waals surface area contributed by atoms with Crippen molar-refractivity contribution >= 4 is 0 Å². The zero-order chi connectivity index (χ0) is 12.1. The number of hydrogen-bond acceptors (Lipinski definition) is 4. The van der Waals surface area contributed by atoms with Crippen LogP contribution in [-0.2, 0) is 0 Å². The standard InChI is InChI=1S/C12H12N4/c1-6-7(4-13)11(16)10-9(6)8(15)3-12(10,2)5-14/h3,15-16H2,1-2H3. The first kappa shape index (κ1) is 10.3. The van der Waals surface area contributed by atoms with Crippen LogP contribution in [0.3, 0.4) is 0 Å². The fourth-order valence-corrected chi connectivity index (χ4v) is 2.55. The summed E-state index contributed by atoms with van der Waals surface area (Å²) in [5.41, 5.74) is 15.1. The van der Waals surface area contributed by atoms with Crippen molar-refractivity contribution < 1.29 is 0 Å². The van der Waals surface area contributed by atoms with Gasteiger partial charge in [-0.05, 0) is 19.4 Å². The topological polar surface area (TPSA) is 99.6 Å². The molecule has 0 aliphatic heterocycles. The molecule has 2 rings (SSSR count). The van der Waals surface area contributed by atoms with Gasteiger partial charge in [-0.15, -0.1) is 0 Å². The SMILES string of the molecule is CC1=C(C#N)C(N)=C2C1=C(N)CC2(C)C#N. The van der Waals surface area contributed by atoms with Crippen molar-refractivity contribution in [3.8, 4) is 12.1 Å². The van der Waals surface area contributed by atoms with Gasteiger partial charge in [-0.2, -0.15) is 10.5 Å². The van der Waals surface area contributed by atoms with Gasteiger partial charge in [0.2, 0.25) is 0 Å². The summed E-state index contributed by atoms with van der Waals surface area (Å²) in [6.45, 7) is 3.63. The van der Waals surface area contributed by atoms with E-state index in [0.717, 1.165) is 16.7 Å². The minimum absolute atomic E-state index is 0.416. The Balaban J connectivity index is 2.76. The molecule has 0 saturated heterocycles. The van der Waals surface area contributed by atoms with Crippen molar-refractivity contribution in [1.82, 2.24) is 0 Å². The molecule has 0 aromatic rings. The van der Waals surface area contributed by atoms with Crippen LogP contribution in [0.15, 0.2) is 33.7 Å². The first-order valence-electron chi connectivity index (χ1n) is 4.98. The van der Waals surface area contributed by atoms with Crippen molar-refractivity contribution in [2.24, 2.45) is 16.9 Å². The zero-order valence-electron chi connectivity index (χ0n) is 9.26. The number of nitriles is 2. The maximum absolute atomic E-state index is 9.23. The summed E-state index contributed by atoms with van der Waals surface area (Å²) in [5.74, 6) is 0. The molecule has 0 saturated carbocycles. The molecule has 0 aromatic carbocycles. The summed E-state index contributed by atoms with van der Waals surface area (Å²) in [5, 5.41) is 18.3. The first-order valence-corrected chi connectivity index (χ1v) is 4.98. The Kier molecular flexibility index (Phi) is 1.87. The number of nitrogens with zero attached hydrogens (tertiary/aromatic N) is 2. The Morgan fingerprint density at radius 2 is 1.94 bits per heavy atom. The van der Waals surface area contributed by atoms with Crippen LogP contribution in [0.4, 0.5) is 0 Å². The van der Waals surface area contributed by atoms with Gasteiger partial charge in [0.15, 0.2) is 0 Å². The summed E-state index contributed by atoms with van der Waals surface area (Å²) < 4.78 is 0. The van der Waals surface area contributed by atoms with E-state index in [4.69, 9.17) is 16.7 Å². The fourth-order valence-electron chi connectivity index (χ4n) is 2.55. The molecule has 0 aromatic heterocycles. The van der Waals surface area contributed by atoms with Crippen LogP contribution in [0.5, 0.6) is 0 Å². The Bertz CT molecular complexity index is 563. The van der Waals surface area contributed by atoms with E-state index in [1.165, 1.54) is 0 Å². The third-order valence-corrected chi connectivity index (χ3v) is 3.31. The Morgan fingerprint density at radius 3 is 2.44 bits per heavy atom. The van der Waals surface area contributed by atoms with Crippen molar-refractivity contribution in [2.75, 3.05) is 0 Å². The molecule has 2 aliphatic carbocycles. The highest BCUT2D eigenvalue weighted by atomic mass is 14.7. The number of rotatable bonds is 0. The smallest absolute Gasteiger partial charge is 0.102 e. The summed E-state index contributed by atoms with van der Waals surface area (Å²) in [6.07, 6.45) is 0.491. The van der Waals surface area contributed by atoms with Gasteiger partial charge in [0.1, 0.15) is 6.07 Å². The Labute approximate surface area is 94.1 Å².